The first-order valence-corrected chi connectivity index (χ1v) is 7.81. The van der Waals surface area contributed by atoms with Gasteiger partial charge in [-0.2, -0.15) is 0 Å². The Morgan fingerprint density at radius 3 is 2.85 bits per heavy atom. The van der Waals surface area contributed by atoms with Crippen molar-refractivity contribution in [1.29, 1.82) is 0 Å². The smallest absolute Gasteiger partial charge is 0.187 e. The molecule has 2 aliphatic heterocycles. The van der Waals surface area contributed by atoms with Crippen molar-refractivity contribution in [2.24, 2.45) is 5.92 Å². The number of hydrogen-bond acceptors (Lipinski definition) is 2. The summed E-state index contributed by atoms with van der Waals surface area (Å²) in [7, 11) is 0. The van der Waals surface area contributed by atoms with Crippen LogP contribution < -0.4 is 10.1 Å². The van der Waals surface area contributed by atoms with Crippen molar-refractivity contribution >= 4 is 17.3 Å². The SMILES string of the molecule is Cc1ccc2c(c1)C1NC(=S)N(C3CC3)C(C)(O2)C1C. The average molecular weight is 288 g/mol. The molecule has 0 radical (unpaired) electrons. The lowest BCUT2D eigenvalue weighted by molar-refractivity contribution is -0.114. The second-order valence-electron chi connectivity index (χ2n) is 6.51. The van der Waals surface area contributed by atoms with Crippen LogP contribution in [0.2, 0.25) is 0 Å². The number of nitrogens with zero attached hydrogens (tertiary/aromatic N) is 1. The lowest BCUT2D eigenvalue weighted by atomic mass is 9.80. The fraction of sp³-hybridized carbons (Fsp3) is 0.562. The van der Waals surface area contributed by atoms with E-state index in [2.05, 4.69) is 49.2 Å². The van der Waals surface area contributed by atoms with Crippen LogP contribution in [0.4, 0.5) is 0 Å². The summed E-state index contributed by atoms with van der Waals surface area (Å²) >= 11 is 5.62. The number of thiocarbonyl (C=S) groups is 1. The highest BCUT2D eigenvalue weighted by molar-refractivity contribution is 7.80. The third kappa shape index (κ3) is 1.54. The Bertz CT molecular complexity index is 598. The van der Waals surface area contributed by atoms with E-state index in [9.17, 15) is 0 Å². The van der Waals surface area contributed by atoms with Crippen LogP contribution in [0.3, 0.4) is 0 Å². The minimum Gasteiger partial charge on any atom is -0.467 e. The van der Waals surface area contributed by atoms with Crippen LogP contribution in [-0.4, -0.2) is 21.8 Å². The van der Waals surface area contributed by atoms with Crippen molar-refractivity contribution in [2.75, 3.05) is 0 Å². The average Bonchev–Trinajstić information content (AvgIpc) is 3.19. The Hall–Kier alpha value is -1.29. The fourth-order valence-corrected chi connectivity index (χ4v) is 4.09. The van der Waals surface area contributed by atoms with Gasteiger partial charge in [0.15, 0.2) is 10.8 Å². The second kappa shape index (κ2) is 3.88. The van der Waals surface area contributed by atoms with Gasteiger partial charge in [-0.15, -0.1) is 0 Å². The number of ether oxygens (including phenoxy) is 1. The molecule has 0 spiro atoms. The van der Waals surface area contributed by atoms with Gasteiger partial charge in [-0.1, -0.05) is 24.6 Å². The highest BCUT2D eigenvalue weighted by Crippen LogP contribution is 2.50. The van der Waals surface area contributed by atoms with Gasteiger partial charge in [-0.25, -0.2) is 0 Å². The number of rotatable bonds is 1. The topological polar surface area (TPSA) is 24.5 Å². The summed E-state index contributed by atoms with van der Waals surface area (Å²) in [4.78, 5) is 2.30. The monoisotopic (exact) mass is 288 g/mol. The molecule has 1 saturated heterocycles. The maximum Gasteiger partial charge on any atom is 0.187 e. The van der Waals surface area contributed by atoms with Crippen LogP contribution in [0.15, 0.2) is 18.2 Å². The van der Waals surface area contributed by atoms with Crippen LogP contribution >= 0.6 is 12.2 Å². The van der Waals surface area contributed by atoms with E-state index in [0.29, 0.717) is 12.0 Å². The van der Waals surface area contributed by atoms with Crippen molar-refractivity contribution in [3.8, 4) is 5.75 Å². The van der Waals surface area contributed by atoms with Crippen molar-refractivity contribution < 1.29 is 4.74 Å². The Morgan fingerprint density at radius 1 is 1.40 bits per heavy atom. The van der Waals surface area contributed by atoms with Crippen molar-refractivity contribution in [3.63, 3.8) is 0 Å². The zero-order chi connectivity index (χ0) is 14.1. The summed E-state index contributed by atoms with van der Waals surface area (Å²) < 4.78 is 6.44. The molecule has 106 valence electrons. The van der Waals surface area contributed by atoms with Crippen LogP contribution in [0.5, 0.6) is 5.75 Å². The molecule has 4 heteroatoms. The molecule has 3 nitrogen and oxygen atoms in total. The predicted octanol–water partition coefficient (Wildman–Crippen LogP) is 3.13. The molecule has 0 aromatic heterocycles. The second-order valence-corrected chi connectivity index (χ2v) is 6.90. The van der Waals surface area contributed by atoms with Gasteiger partial charge in [-0.05, 0) is 45.0 Å². The standard InChI is InChI=1S/C16H20N2OS/c1-9-4-7-13-12(8-9)14-10(2)16(3,19-13)18(11-5-6-11)15(20)17-14/h4,7-8,10-11,14H,5-6H2,1-3H3,(H,17,20). The van der Waals surface area contributed by atoms with Crippen molar-refractivity contribution in [3.05, 3.63) is 29.3 Å². The Balaban J connectivity index is 1.85. The lowest BCUT2D eigenvalue weighted by Crippen LogP contribution is -2.69. The van der Waals surface area contributed by atoms with E-state index in [1.165, 1.54) is 24.0 Å². The molecular formula is C16H20N2OS. The van der Waals surface area contributed by atoms with E-state index in [1.807, 2.05) is 0 Å². The van der Waals surface area contributed by atoms with E-state index in [0.717, 1.165) is 10.9 Å². The zero-order valence-corrected chi connectivity index (χ0v) is 13.0. The maximum atomic E-state index is 6.44. The molecule has 0 amide bonds. The number of nitrogens with one attached hydrogen (secondary N) is 1. The van der Waals surface area contributed by atoms with Crippen LogP contribution in [-0.2, 0) is 0 Å². The molecule has 2 bridgehead atoms. The molecule has 3 unspecified atom stereocenters. The molecule has 1 aromatic rings. The van der Waals surface area contributed by atoms with E-state index in [4.69, 9.17) is 17.0 Å². The normalized spacial score (nSPS) is 35.1. The molecule has 20 heavy (non-hydrogen) atoms. The van der Waals surface area contributed by atoms with Crippen molar-refractivity contribution in [2.45, 2.75) is 51.4 Å². The molecule has 3 atom stereocenters. The van der Waals surface area contributed by atoms with Gasteiger partial charge >= 0.3 is 0 Å². The van der Waals surface area contributed by atoms with Gasteiger partial charge in [0.05, 0.1) is 6.04 Å². The summed E-state index contributed by atoms with van der Waals surface area (Å²) in [5.41, 5.74) is 2.18. The van der Waals surface area contributed by atoms with Crippen LogP contribution in [0.25, 0.3) is 0 Å². The molecule has 1 aromatic carbocycles. The van der Waals surface area contributed by atoms with Gasteiger partial charge < -0.3 is 15.0 Å². The van der Waals surface area contributed by atoms with Crippen LogP contribution in [0, 0.1) is 12.8 Å². The first-order valence-electron chi connectivity index (χ1n) is 7.40. The largest absolute Gasteiger partial charge is 0.467 e. The van der Waals surface area contributed by atoms with E-state index in [-0.39, 0.29) is 11.8 Å². The Morgan fingerprint density at radius 2 is 2.15 bits per heavy atom. The first-order chi connectivity index (χ1) is 9.50. The molecule has 2 fully saturated rings. The number of aryl methyl sites for hydroxylation is 1. The van der Waals surface area contributed by atoms with Gasteiger partial charge in [0.1, 0.15) is 5.75 Å². The van der Waals surface area contributed by atoms with E-state index < -0.39 is 0 Å². The summed E-state index contributed by atoms with van der Waals surface area (Å²) in [6.07, 6.45) is 2.44. The molecule has 2 heterocycles. The third-order valence-electron chi connectivity index (χ3n) is 5.05. The highest BCUT2D eigenvalue weighted by atomic mass is 32.1. The Labute approximate surface area is 125 Å². The molecule has 1 aliphatic carbocycles. The zero-order valence-electron chi connectivity index (χ0n) is 12.1. The first kappa shape index (κ1) is 12.5. The summed E-state index contributed by atoms with van der Waals surface area (Å²) in [6.45, 7) is 6.58. The molecule has 1 N–H and O–H groups in total. The quantitative estimate of drug-likeness (QED) is 0.802. The van der Waals surface area contributed by atoms with Gasteiger partial charge in [0.2, 0.25) is 0 Å². The Kier molecular flexibility index (Phi) is 2.41. The van der Waals surface area contributed by atoms with Gasteiger partial charge in [0.25, 0.3) is 0 Å². The van der Waals surface area contributed by atoms with E-state index in [1.54, 1.807) is 0 Å². The summed E-state index contributed by atoms with van der Waals surface area (Å²) in [6, 6.07) is 7.25. The minimum atomic E-state index is -0.323. The van der Waals surface area contributed by atoms with Gasteiger partial charge in [0, 0.05) is 17.5 Å². The summed E-state index contributed by atoms with van der Waals surface area (Å²) in [5.74, 6) is 1.37. The number of hydrogen-bond donors (Lipinski definition) is 1. The van der Waals surface area contributed by atoms with Crippen molar-refractivity contribution in [1.82, 2.24) is 10.2 Å². The minimum absolute atomic E-state index is 0.256. The lowest BCUT2D eigenvalue weighted by Gasteiger charge is -2.56. The fourth-order valence-electron chi connectivity index (χ4n) is 3.63. The third-order valence-corrected chi connectivity index (χ3v) is 5.36. The van der Waals surface area contributed by atoms with E-state index >= 15 is 0 Å². The molecule has 3 aliphatic rings. The number of benzene rings is 1. The van der Waals surface area contributed by atoms with Gasteiger partial charge in [-0.3, -0.25) is 0 Å². The molecule has 4 rings (SSSR count). The predicted molar refractivity (Wildman–Crippen MR) is 82.7 cm³/mol. The number of fused-ring (bicyclic) bond motifs is 4. The highest BCUT2D eigenvalue weighted by Gasteiger charge is 2.56. The maximum absolute atomic E-state index is 6.44. The molecule has 1 saturated carbocycles. The summed E-state index contributed by atoms with van der Waals surface area (Å²) in [5, 5.41) is 4.41. The molecular weight excluding hydrogens is 268 g/mol. The van der Waals surface area contributed by atoms with Crippen LogP contribution in [0.1, 0.15) is 43.9 Å².